The fourth-order valence-corrected chi connectivity index (χ4v) is 4.11. The zero-order chi connectivity index (χ0) is 17.5. The van der Waals surface area contributed by atoms with Crippen molar-refractivity contribution in [2.24, 2.45) is 0 Å². The predicted octanol–water partition coefficient (Wildman–Crippen LogP) is 5.75. The van der Waals surface area contributed by atoms with E-state index in [0.29, 0.717) is 27.8 Å². The van der Waals surface area contributed by atoms with Gasteiger partial charge in [-0.25, -0.2) is 0 Å². The van der Waals surface area contributed by atoms with Gasteiger partial charge in [-0.05, 0) is 42.0 Å². The molecule has 0 radical (unpaired) electrons. The van der Waals surface area contributed by atoms with Gasteiger partial charge in [-0.1, -0.05) is 29.3 Å². The Morgan fingerprint density at radius 2 is 1.96 bits per heavy atom. The third-order valence-electron chi connectivity index (χ3n) is 4.12. The Bertz CT molecular complexity index is 775. The van der Waals surface area contributed by atoms with E-state index < -0.39 is 17.0 Å². The van der Waals surface area contributed by atoms with Crippen molar-refractivity contribution < 1.29 is 18.0 Å². The molecule has 0 saturated heterocycles. The van der Waals surface area contributed by atoms with E-state index in [4.69, 9.17) is 23.2 Å². The van der Waals surface area contributed by atoms with E-state index >= 15 is 0 Å². The Balaban J connectivity index is 1.75. The van der Waals surface area contributed by atoms with Crippen molar-refractivity contribution in [3.63, 3.8) is 0 Å². The van der Waals surface area contributed by atoms with Gasteiger partial charge >= 0.3 is 6.18 Å². The van der Waals surface area contributed by atoms with Gasteiger partial charge in [0.15, 0.2) is 0 Å². The highest BCUT2D eigenvalue weighted by molar-refractivity contribution is 7.10. The number of nitrogens with one attached hydrogen (secondary N) is 1. The molecule has 1 heterocycles. The Morgan fingerprint density at radius 3 is 2.54 bits per heavy atom. The maximum absolute atomic E-state index is 12.9. The lowest BCUT2D eigenvalue weighted by molar-refractivity contribution is -0.134. The first-order valence-corrected chi connectivity index (χ1v) is 8.81. The van der Waals surface area contributed by atoms with Gasteiger partial charge < -0.3 is 5.32 Å². The summed E-state index contributed by atoms with van der Waals surface area (Å²) in [7, 11) is 0. The summed E-state index contributed by atoms with van der Waals surface area (Å²) in [6.07, 6.45) is -3.03. The fourth-order valence-electron chi connectivity index (χ4n) is 2.80. The summed E-state index contributed by atoms with van der Waals surface area (Å²) in [5.74, 6) is -0.727. The second-order valence-electron chi connectivity index (χ2n) is 5.59. The molecule has 1 N–H and O–H groups in total. The molecule has 3 rings (SSSR count). The van der Waals surface area contributed by atoms with Crippen LogP contribution in [0, 0.1) is 0 Å². The van der Waals surface area contributed by atoms with Crippen molar-refractivity contribution in [3.05, 3.63) is 55.7 Å². The maximum atomic E-state index is 12.9. The standard InChI is InChI=1S/C16H12Cl2F3NOS/c17-8-1-2-9(12(18)7-8)10-3-4-13(10)22-15(23)11-5-6-24-14(11)16(19,20)21/h1-2,5-7,10,13H,3-4H2,(H,22,23)/t10-,13-/m0/s1. The van der Waals surface area contributed by atoms with Crippen molar-refractivity contribution in [1.82, 2.24) is 5.32 Å². The average Bonchev–Trinajstić information content (AvgIpc) is 2.96. The molecule has 1 saturated carbocycles. The van der Waals surface area contributed by atoms with Crippen molar-refractivity contribution in [2.75, 3.05) is 0 Å². The molecule has 8 heteroatoms. The number of thiophene rings is 1. The van der Waals surface area contributed by atoms with Crippen LogP contribution in [-0.4, -0.2) is 11.9 Å². The molecule has 0 bridgehead atoms. The zero-order valence-electron chi connectivity index (χ0n) is 12.2. The minimum atomic E-state index is -4.53. The third-order valence-corrected chi connectivity index (χ3v) is 5.64. The monoisotopic (exact) mass is 393 g/mol. The third kappa shape index (κ3) is 3.41. The van der Waals surface area contributed by atoms with E-state index in [1.165, 1.54) is 11.4 Å². The van der Waals surface area contributed by atoms with Crippen molar-refractivity contribution >= 4 is 40.4 Å². The van der Waals surface area contributed by atoms with Gasteiger partial charge in [0.25, 0.3) is 5.91 Å². The molecule has 2 aromatic rings. The molecular formula is C16H12Cl2F3NOS. The topological polar surface area (TPSA) is 29.1 Å². The normalized spacial score (nSPS) is 20.5. The van der Waals surface area contributed by atoms with Crippen LogP contribution < -0.4 is 5.32 Å². The highest BCUT2D eigenvalue weighted by atomic mass is 35.5. The number of alkyl halides is 3. The SMILES string of the molecule is O=C(N[C@H]1CC[C@H]1c1ccc(Cl)cc1Cl)c1ccsc1C(F)(F)F. The van der Waals surface area contributed by atoms with Crippen LogP contribution in [0.4, 0.5) is 13.2 Å². The molecule has 24 heavy (non-hydrogen) atoms. The van der Waals surface area contributed by atoms with Crippen LogP contribution in [0.15, 0.2) is 29.6 Å². The van der Waals surface area contributed by atoms with Crippen LogP contribution in [0.25, 0.3) is 0 Å². The Morgan fingerprint density at radius 1 is 1.21 bits per heavy atom. The van der Waals surface area contributed by atoms with Crippen molar-refractivity contribution in [1.29, 1.82) is 0 Å². The number of benzene rings is 1. The number of rotatable bonds is 3. The summed E-state index contributed by atoms with van der Waals surface area (Å²) in [4.78, 5) is 11.4. The summed E-state index contributed by atoms with van der Waals surface area (Å²) >= 11 is 12.6. The van der Waals surface area contributed by atoms with Crippen LogP contribution in [0.1, 0.15) is 39.6 Å². The molecule has 2 nitrogen and oxygen atoms in total. The molecular weight excluding hydrogens is 382 g/mol. The molecule has 1 aliphatic carbocycles. The second-order valence-corrected chi connectivity index (χ2v) is 7.35. The molecule has 0 unspecified atom stereocenters. The van der Waals surface area contributed by atoms with Crippen LogP contribution in [0.5, 0.6) is 0 Å². The second kappa shape index (κ2) is 6.58. The van der Waals surface area contributed by atoms with Crippen LogP contribution >= 0.6 is 34.5 Å². The minimum Gasteiger partial charge on any atom is -0.349 e. The first-order valence-electron chi connectivity index (χ1n) is 7.18. The Kier molecular flexibility index (Phi) is 4.82. The van der Waals surface area contributed by atoms with Crippen LogP contribution in [0.2, 0.25) is 10.0 Å². The van der Waals surface area contributed by atoms with Gasteiger partial charge in [0.2, 0.25) is 0 Å². The lowest BCUT2D eigenvalue weighted by Gasteiger charge is -2.38. The van der Waals surface area contributed by atoms with Crippen molar-refractivity contribution in [3.8, 4) is 0 Å². The van der Waals surface area contributed by atoms with Crippen molar-refractivity contribution in [2.45, 2.75) is 31.0 Å². The largest absolute Gasteiger partial charge is 0.426 e. The number of amides is 1. The zero-order valence-corrected chi connectivity index (χ0v) is 14.5. The van der Waals surface area contributed by atoms with E-state index in [1.54, 1.807) is 18.2 Å². The van der Waals surface area contributed by atoms with Gasteiger partial charge in [0.05, 0.1) is 5.56 Å². The highest BCUT2D eigenvalue weighted by Gasteiger charge is 2.39. The predicted molar refractivity (Wildman–Crippen MR) is 89.0 cm³/mol. The molecule has 1 aromatic heterocycles. The molecule has 0 aliphatic heterocycles. The molecule has 0 spiro atoms. The quantitative estimate of drug-likeness (QED) is 0.706. The maximum Gasteiger partial charge on any atom is 0.426 e. The summed E-state index contributed by atoms with van der Waals surface area (Å²) in [5, 5.41) is 4.98. The lowest BCUT2D eigenvalue weighted by atomic mass is 9.75. The molecule has 1 aromatic carbocycles. The van der Waals surface area contributed by atoms with E-state index in [1.807, 2.05) is 0 Å². The average molecular weight is 394 g/mol. The van der Waals surface area contributed by atoms with Gasteiger partial charge in [0, 0.05) is 22.0 Å². The van der Waals surface area contributed by atoms with E-state index in [-0.39, 0.29) is 17.5 Å². The first-order chi connectivity index (χ1) is 11.3. The number of hydrogen-bond donors (Lipinski definition) is 1. The van der Waals surface area contributed by atoms with E-state index in [9.17, 15) is 18.0 Å². The number of halogens is 5. The highest BCUT2D eigenvalue weighted by Crippen LogP contribution is 2.41. The van der Waals surface area contributed by atoms with E-state index in [0.717, 1.165) is 12.0 Å². The van der Waals surface area contributed by atoms with Gasteiger partial charge in [-0.2, -0.15) is 13.2 Å². The van der Waals surface area contributed by atoms with Crippen LogP contribution in [-0.2, 0) is 6.18 Å². The Hall–Kier alpha value is -1.24. The summed E-state index contributed by atoms with van der Waals surface area (Å²) in [6, 6.07) is 6.08. The molecule has 128 valence electrons. The number of carbonyl (C=O) groups excluding carboxylic acids is 1. The molecule has 1 aliphatic rings. The Labute approximate surface area is 150 Å². The van der Waals surface area contributed by atoms with Gasteiger partial charge in [0.1, 0.15) is 4.88 Å². The fraction of sp³-hybridized carbons (Fsp3) is 0.312. The van der Waals surface area contributed by atoms with Crippen LogP contribution in [0.3, 0.4) is 0 Å². The summed E-state index contributed by atoms with van der Waals surface area (Å²) < 4.78 is 38.7. The summed E-state index contributed by atoms with van der Waals surface area (Å²) in [5.41, 5.74) is 0.513. The first kappa shape index (κ1) is 17.6. The number of hydrogen-bond acceptors (Lipinski definition) is 2. The smallest absolute Gasteiger partial charge is 0.349 e. The molecule has 1 fully saturated rings. The van der Waals surface area contributed by atoms with Gasteiger partial charge in [-0.15, -0.1) is 11.3 Å². The van der Waals surface area contributed by atoms with Gasteiger partial charge in [-0.3, -0.25) is 4.79 Å². The lowest BCUT2D eigenvalue weighted by Crippen LogP contribution is -2.45. The number of carbonyl (C=O) groups is 1. The van der Waals surface area contributed by atoms with E-state index in [2.05, 4.69) is 5.32 Å². The molecule has 1 amide bonds. The summed E-state index contributed by atoms with van der Waals surface area (Å²) in [6.45, 7) is 0. The minimum absolute atomic E-state index is 0.0216. The molecule has 2 atom stereocenters.